The fraction of sp³-hybridized carbons (Fsp3) is 0.517. The molecule has 1 aliphatic carbocycles. The molecule has 0 radical (unpaired) electrons. The Morgan fingerprint density at radius 1 is 0.974 bits per heavy atom. The Hall–Kier alpha value is -2.78. The first-order valence-corrected chi connectivity index (χ1v) is 15.1. The monoisotopic (exact) mass is 543 g/mol. The lowest BCUT2D eigenvalue weighted by Crippen LogP contribution is -2.52. The number of amides is 2. The molecule has 0 aromatic heterocycles. The maximum absolute atomic E-state index is 14.0. The highest BCUT2D eigenvalue weighted by Gasteiger charge is 2.35. The van der Waals surface area contributed by atoms with Gasteiger partial charge in [0.25, 0.3) is 0 Å². The molecule has 1 saturated heterocycles. The van der Waals surface area contributed by atoms with Crippen LogP contribution in [0.3, 0.4) is 0 Å². The average Bonchev–Trinajstić information content (AvgIpc) is 3.47. The quantitative estimate of drug-likeness (QED) is 0.444. The minimum absolute atomic E-state index is 0.113. The summed E-state index contributed by atoms with van der Waals surface area (Å²) in [4.78, 5) is 30.5. The molecule has 0 spiro atoms. The predicted molar refractivity (Wildman–Crippen MR) is 144 cm³/mol. The van der Waals surface area contributed by atoms with E-state index in [9.17, 15) is 22.4 Å². The third-order valence-electron chi connectivity index (χ3n) is 7.65. The third kappa shape index (κ3) is 6.80. The number of hydrogen-bond acceptors (Lipinski definition) is 4. The van der Waals surface area contributed by atoms with Gasteiger partial charge in [0.2, 0.25) is 21.8 Å². The van der Waals surface area contributed by atoms with Crippen molar-refractivity contribution in [3.05, 3.63) is 66.0 Å². The molecule has 206 valence electrons. The van der Waals surface area contributed by atoms with Crippen molar-refractivity contribution in [3.8, 4) is 0 Å². The van der Waals surface area contributed by atoms with Crippen LogP contribution in [-0.4, -0.2) is 66.6 Å². The average molecular weight is 544 g/mol. The Morgan fingerprint density at radius 3 is 2.29 bits per heavy atom. The van der Waals surface area contributed by atoms with Crippen LogP contribution < -0.4 is 0 Å². The third-order valence-corrected chi connectivity index (χ3v) is 9.51. The van der Waals surface area contributed by atoms with Crippen molar-refractivity contribution in [2.45, 2.75) is 69.4 Å². The standard InChI is InChI=1S/C29H38FN3O4S/c1-2-17-32(38(36,37)27-13-4-3-5-14-27)22-28(34)33(21-23-9-8-12-25(30)20-23)26-15-18-31(19-16-26)29(35)24-10-6-7-11-24/h3-5,8-9,12-14,20,24,26H,2,6-7,10-11,15-19,21-22H2,1H3. The normalized spacial score (nSPS) is 17.2. The summed E-state index contributed by atoms with van der Waals surface area (Å²) in [6.45, 7) is 3.11. The van der Waals surface area contributed by atoms with Crippen LogP contribution in [0.4, 0.5) is 4.39 Å². The Bertz CT molecular complexity index is 1190. The first-order chi connectivity index (χ1) is 18.3. The SMILES string of the molecule is CCCN(CC(=O)N(Cc1cccc(F)c1)C1CCN(C(=O)C2CCCC2)CC1)S(=O)(=O)c1ccccc1. The van der Waals surface area contributed by atoms with E-state index in [4.69, 9.17) is 0 Å². The van der Waals surface area contributed by atoms with Crippen LogP contribution in [0.25, 0.3) is 0 Å². The number of carbonyl (C=O) groups excluding carboxylic acids is 2. The fourth-order valence-electron chi connectivity index (χ4n) is 5.60. The first-order valence-electron chi connectivity index (χ1n) is 13.7. The van der Waals surface area contributed by atoms with Gasteiger partial charge >= 0.3 is 0 Å². The number of halogens is 1. The maximum Gasteiger partial charge on any atom is 0.243 e. The van der Waals surface area contributed by atoms with E-state index >= 15 is 0 Å². The molecule has 4 rings (SSSR count). The van der Waals surface area contributed by atoms with Crippen LogP contribution in [-0.2, 0) is 26.2 Å². The van der Waals surface area contributed by atoms with Crippen molar-refractivity contribution in [2.75, 3.05) is 26.2 Å². The van der Waals surface area contributed by atoms with E-state index in [1.807, 2.05) is 11.8 Å². The topological polar surface area (TPSA) is 78.0 Å². The van der Waals surface area contributed by atoms with Gasteiger partial charge in [-0.2, -0.15) is 4.31 Å². The zero-order valence-corrected chi connectivity index (χ0v) is 22.9. The van der Waals surface area contributed by atoms with E-state index in [1.54, 1.807) is 35.2 Å². The molecule has 2 amide bonds. The van der Waals surface area contributed by atoms with Crippen molar-refractivity contribution in [1.29, 1.82) is 0 Å². The minimum atomic E-state index is -3.86. The van der Waals surface area contributed by atoms with Crippen LogP contribution >= 0.6 is 0 Å². The van der Waals surface area contributed by atoms with Gasteiger partial charge in [-0.05, 0) is 61.9 Å². The highest BCUT2D eigenvalue weighted by atomic mass is 32.2. The number of benzene rings is 2. The van der Waals surface area contributed by atoms with Crippen molar-refractivity contribution in [3.63, 3.8) is 0 Å². The van der Waals surface area contributed by atoms with Gasteiger partial charge in [-0.15, -0.1) is 0 Å². The van der Waals surface area contributed by atoms with Gasteiger partial charge in [0.15, 0.2) is 0 Å². The molecule has 0 atom stereocenters. The summed E-state index contributed by atoms with van der Waals surface area (Å²) in [5.74, 6) is -0.372. The lowest BCUT2D eigenvalue weighted by molar-refractivity contribution is -0.139. The summed E-state index contributed by atoms with van der Waals surface area (Å²) in [7, 11) is -3.86. The summed E-state index contributed by atoms with van der Waals surface area (Å²) < 4.78 is 41.9. The van der Waals surface area contributed by atoms with Crippen LogP contribution in [0.15, 0.2) is 59.5 Å². The lowest BCUT2D eigenvalue weighted by atomic mass is 9.99. The van der Waals surface area contributed by atoms with E-state index in [0.717, 1.165) is 25.7 Å². The molecule has 2 aromatic carbocycles. The molecular formula is C29H38FN3O4S. The van der Waals surface area contributed by atoms with Gasteiger partial charge in [0, 0.05) is 38.1 Å². The number of piperidine rings is 1. The molecular weight excluding hydrogens is 505 g/mol. The fourth-order valence-corrected chi connectivity index (χ4v) is 7.10. The van der Waals surface area contributed by atoms with Crippen molar-refractivity contribution in [2.24, 2.45) is 5.92 Å². The van der Waals surface area contributed by atoms with Crippen molar-refractivity contribution >= 4 is 21.8 Å². The molecule has 1 heterocycles. The van der Waals surface area contributed by atoms with Crippen LogP contribution in [0.5, 0.6) is 0 Å². The molecule has 0 bridgehead atoms. The predicted octanol–water partition coefficient (Wildman–Crippen LogP) is 4.44. The van der Waals surface area contributed by atoms with Crippen LogP contribution in [0.1, 0.15) is 57.4 Å². The van der Waals surface area contributed by atoms with E-state index in [-0.39, 0.29) is 54.1 Å². The zero-order valence-electron chi connectivity index (χ0n) is 22.1. The molecule has 0 unspecified atom stereocenters. The van der Waals surface area contributed by atoms with Gasteiger partial charge < -0.3 is 9.80 Å². The van der Waals surface area contributed by atoms with Gasteiger partial charge in [-0.3, -0.25) is 9.59 Å². The smallest absolute Gasteiger partial charge is 0.243 e. The first kappa shape index (κ1) is 28.2. The Kier molecular flexibility index (Phi) is 9.54. The van der Waals surface area contributed by atoms with Crippen molar-refractivity contribution in [1.82, 2.24) is 14.1 Å². The summed E-state index contributed by atoms with van der Waals surface area (Å²) in [6, 6.07) is 14.1. The van der Waals surface area contributed by atoms with Gasteiger partial charge in [-0.1, -0.05) is 50.1 Å². The van der Waals surface area contributed by atoms with E-state index in [2.05, 4.69) is 0 Å². The number of nitrogens with zero attached hydrogens (tertiary/aromatic N) is 3. The second kappa shape index (κ2) is 12.8. The molecule has 1 saturated carbocycles. The largest absolute Gasteiger partial charge is 0.342 e. The number of rotatable bonds is 10. The Labute approximate surface area is 225 Å². The molecule has 1 aliphatic heterocycles. The summed E-state index contributed by atoms with van der Waals surface area (Å²) in [5.41, 5.74) is 0.649. The van der Waals surface area contributed by atoms with E-state index < -0.39 is 10.0 Å². The Balaban J connectivity index is 1.52. The van der Waals surface area contributed by atoms with Crippen LogP contribution in [0.2, 0.25) is 0 Å². The molecule has 38 heavy (non-hydrogen) atoms. The summed E-state index contributed by atoms with van der Waals surface area (Å²) >= 11 is 0. The van der Waals surface area contributed by atoms with Crippen LogP contribution in [0, 0.1) is 11.7 Å². The minimum Gasteiger partial charge on any atom is -0.342 e. The molecule has 2 aromatic rings. The zero-order chi connectivity index (χ0) is 27.1. The van der Waals surface area contributed by atoms with Gasteiger partial charge in [0.05, 0.1) is 11.4 Å². The highest BCUT2D eigenvalue weighted by Crippen LogP contribution is 2.29. The molecule has 9 heteroatoms. The lowest BCUT2D eigenvalue weighted by Gasteiger charge is -2.40. The molecule has 0 N–H and O–H groups in total. The van der Waals surface area contributed by atoms with Crippen molar-refractivity contribution < 1.29 is 22.4 Å². The highest BCUT2D eigenvalue weighted by molar-refractivity contribution is 7.89. The number of hydrogen-bond donors (Lipinski definition) is 0. The summed E-state index contributed by atoms with van der Waals surface area (Å²) in [5, 5.41) is 0. The molecule has 2 fully saturated rings. The number of sulfonamides is 1. The second-order valence-electron chi connectivity index (χ2n) is 10.3. The van der Waals surface area contributed by atoms with E-state index in [0.29, 0.717) is 37.9 Å². The van der Waals surface area contributed by atoms with Gasteiger partial charge in [0.1, 0.15) is 5.82 Å². The van der Waals surface area contributed by atoms with Gasteiger partial charge in [-0.25, -0.2) is 12.8 Å². The molecule has 7 nitrogen and oxygen atoms in total. The summed E-state index contributed by atoms with van der Waals surface area (Å²) in [6.07, 6.45) is 5.88. The second-order valence-corrected chi connectivity index (χ2v) is 12.3. The van der Waals surface area contributed by atoms with E-state index in [1.165, 1.54) is 28.6 Å². The Morgan fingerprint density at radius 2 is 1.66 bits per heavy atom. The number of carbonyl (C=O) groups is 2. The maximum atomic E-state index is 14.0. The number of likely N-dealkylation sites (tertiary alicyclic amines) is 1. The molecule has 2 aliphatic rings.